The number of allylic oxidation sites excluding steroid dienone is 1. The molecular formula is C13H20N2. The zero-order valence-corrected chi connectivity index (χ0v) is 9.66. The molecule has 0 aromatic carbocycles. The van der Waals surface area contributed by atoms with Gasteiger partial charge in [0.2, 0.25) is 0 Å². The van der Waals surface area contributed by atoms with E-state index in [9.17, 15) is 0 Å². The summed E-state index contributed by atoms with van der Waals surface area (Å²) in [5, 5.41) is 3.44. The lowest BCUT2D eigenvalue weighted by Crippen LogP contribution is -2.16. The normalized spacial score (nSPS) is 12.1. The van der Waals surface area contributed by atoms with Gasteiger partial charge in [-0.25, -0.2) is 4.98 Å². The average molecular weight is 204 g/mol. The SMILES string of the molecule is C=CCCC(C)Nc1ncccc1CC. The Bertz CT molecular complexity index is 307. The van der Waals surface area contributed by atoms with Crippen molar-refractivity contribution in [2.75, 3.05) is 5.32 Å². The van der Waals surface area contributed by atoms with E-state index in [1.807, 2.05) is 18.3 Å². The molecule has 0 amide bonds. The number of nitrogens with zero attached hydrogens (tertiary/aromatic N) is 1. The van der Waals surface area contributed by atoms with Gasteiger partial charge < -0.3 is 5.32 Å². The van der Waals surface area contributed by atoms with E-state index in [1.165, 1.54) is 5.56 Å². The van der Waals surface area contributed by atoms with Crippen molar-refractivity contribution in [1.82, 2.24) is 4.98 Å². The molecule has 2 nitrogen and oxygen atoms in total. The lowest BCUT2D eigenvalue weighted by molar-refractivity contribution is 0.713. The molecule has 0 saturated heterocycles. The largest absolute Gasteiger partial charge is 0.367 e. The highest BCUT2D eigenvalue weighted by Crippen LogP contribution is 2.14. The standard InChI is InChI=1S/C13H20N2/c1-4-6-8-11(3)15-13-12(5-2)9-7-10-14-13/h4,7,9-11H,1,5-6,8H2,2-3H3,(H,14,15). The highest BCUT2D eigenvalue weighted by molar-refractivity contribution is 5.44. The van der Waals surface area contributed by atoms with Crippen molar-refractivity contribution in [2.45, 2.75) is 39.2 Å². The van der Waals surface area contributed by atoms with Crippen LogP contribution in [0.15, 0.2) is 31.0 Å². The van der Waals surface area contributed by atoms with E-state index in [2.05, 4.69) is 36.8 Å². The Hall–Kier alpha value is -1.31. The van der Waals surface area contributed by atoms with E-state index in [4.69, 9.17) is 0 Å². The van der Waals surface area contributed by atoms with E-state index in [-0.39, 0.29) is 0 Å². The molecule has 0 bridgehead atoms. The van der Waals surface area contributed by atoms with Crippen molar-refractivity contribution < 1.29 is 0 Å². The maximum absolute atomic E-state index is 4.36. The molecule has 1 atom stereocenters. The molecule has 1 aromatic heterocycles. The van der Waals surface area contributed by atoms with Gasteiger partial charge >= 0.3 is 0 Å². The van der Waals surface area contributed by atoms with Gasteiger partial charge in [0.25, 0.3) is 0 Å². The predicted molar refractivity (Wildman–Crippen MR) is 66.1 cm³/mol. The Labute approximate surface area is 92.4 Å². The van der Waals surface area contributed by atoms with Gasteiger partial charge in [-0.05, 0) is 37.8 Å². The first kappa shape index (κ1) is 11.8. The van der Waals surface area contributed by atoms with E-state index in [0.29, 0.717) is 6.04 Å². The Kier molecular flexibility index (Phi) is 4.88. The average Bonchev–Trinajstić information content (AvgIpc) is 2.27. The number of hydrogen-bond acceptors (Lipinski definition) is 2. The number of aromatic nitrogens is 1. The van der Waals surface area contributed by atoms with Crippen LogP contribution in [0.5, 0.6) is 0 Å². The zero-order chi connectivity index (χ0) is 11.1. The number of pyridine rings is 1. The summed E-state index contributed by atoms with van der Waals surface area (Å²) >= 11 is 0. The van der Waals surface area contributed by atoms with Crippen LogP contribution in [-0.4, -0.2) is 11.0 Å². The van der Waals surface area contributed by atoms with Crippen molar-refractivity contribution in [3.05, 3.63) is 36.5 Å². The number of anilines is 1. The monoisotopic (exact) mass is 204 g/mol. The van der Waals surface area contributed by atoms with Crippen LogP contribution in [0.4, 0.5) is 5.82 Å². The second-order valence-electron chi connectivity index (χ2n) is 3.78. The molecule has 0 radical (unpaired) electrons. The lowest BCUT2D eigenvalue weighted by atomic mass is 10.1. The van der Waals surface area contributed by atoms with Gasteiger partial charge in [-0.15, -0.1) is 6.58 Å². The summed E-state index contributed by atoms with van der Waals surface area (Å²) in [4.78, 5) is 4.36. The third-order valence-corrected chi connectivity index (χ3v) is 2.46. The second-order valence-corrected chi connectivity index (χ2v) is 3.78. The van der Waals surface area contributed by atoms with Crippen LogP contribution >= 0.6 is 0 Å². The van der Waals surface area contributed by atoms with Crippen LogP contribution < -0.4 is 5.32 Å². The third-order valence-electron chi connectivity index (χ3n) is 2.46. The van der Waals surface area contributed by atoms with Gasteiger partial charge in [0.1, 0.15) is 5.82 Å². The Balaban J connectivity index is 2.58. The number of aryl methyl sites for hydroxylation is 1. The van der Waals surface area contributed by atoms with E-state index in [1.54, 1.807) is 0 Å². The summed E-state index contributed by atoms with van der Waals surface area (Å²) in [5.41, 5.74) is 1.28. The van der Waals surface area contributed by atoms with Crippen molar-refractivity contribution in [3.8, 4) is 0 Å². The van der Waals surface area contributed by atoms with Gasteiger partial charge in [-0.3, -0.25) is 0 Å². The fourth-order valence-corrected chi connectivity index (χ4v) is 1.53. The third kappa shape index (κ3) is 3.74. The number of nitrogens with one attached hydrogen (secondary N) is 1. The lowest BCUT2D eigenvalue weighted by Gasteiger charge is -2.15. The molecule has 1 aromatic rings. The molecule has 1 N–H and O–H groups in total. The fourth-order valence-electron chi connectivity index (χ4n) is 1.53. The molecule has 0 aliphatic carbocycles. The molecule has 0 saturated carbocycles. The summed E-state index contributed by atoms with van der Waals surface area (Å²) in [5.74, 6) is 1.02. The van der Waals surface area contributed by atoms with Crippen LogP contribution in [0.1, 0.15) is 32.3 Å². The molecule has 0 spiro atoms. The topological polar surface area (TPSA) is 24.9 Å². The van der Waals surface area contributed by atoms with Gasteiger partial charge in [0.05, 0.1) is 0 Å². The minimum Gasteiger partial charge on any atom is -0.367 e. The minimum absolute atomic E-state index is 0.447. The summed E-state index contributed by atoms with van der Waals surface area (Å²) in [6.07, 6.45) is 6.95. The first-order chi connectivity index (χ1) is 7.27. The summed E-state index contributed by atoms with van der Waals surface area (Å²) in [7, 11) is 0. The predicted octanol–water partition coefficient (Wildman–Crippen LogP) is 3.41. The highest BCUT2D eigenvalue weighted by atomic mass is 15.0. The van der Waals surface area contributed by atoms with Gasteiger partial charge in [-0.2, -0.15) is 0 Å². The van der Waals surface area contributed by atoms with Crippen LogP contribution in [0, 0.1) is 0 Å². The van der Waals surface area contributed by atoms with E-state index < -0.39 is 0 Å². The van der Waals surface area contributed by atoms with Gasteiger partial charge in [0, 0.05) is 12.2 Å². The van der Waals surface area contributed by atoms with Crippen molar-refractivity contribution in [2.24, 2.45) is 0 Å². The van der Waals surface area contributed by atoms with Crippen molar-refractivity contribution >= 4 is 5.82 Å². The van der Waals surface area contributed by atoms with Crippen molar-refractivity contribution in [3.63, 3.8) is 0 Å². The molecule has 1 heterocycles. The summed E-state index contributed by atoms with van der Waals surface area (Å²) in [6, 6.07) is 4.55. The molecule has 15 heavy (non-hydrogen) atoms. The Morgan fingerprint density at radius 1 is 1.60 bits per heavy atom. The molecule has 0 fully saturated rings. The van der Waals surface area contributed by atoms with Crippen LogP contribution in [0.3, 0.4) is 0 Å². The molecular weight excluding hydrogens is 184 g/mol. The van der Waals surface area contributed by atoms with Crippen molar-refractivity contribution in [1.29, 1.82) is 0 Å². The fraction of sp³-hybridized carbons (Fsp3) is 0.462. The van der Waals surface area contributed by atoms with Crippen LogP contribution in [-0.2, 0) is 6.42 Å². The second kappa shape index (κ2) is 6.23. The molecule has 2 heteroatoms. The molecule has 1 rings (SSSR count). The minimum atomic E-state index is 0.447. The number of rotatable bonds is 6. The van der Waals surface area contributed by atoms with E-state index in [0.717, 1.165) is 25.1 Å². The Morgan fingerprint density at radius 2 is 2.40 bits per heavy atom. The first-order valence-electron chi connectivity index (χ1n) is 5.59. The van der Waals surface area contributed by atoms with E-state index >= 15 is 0 Å². The molecule has 0 aliphatic rings. The van der Waals surface area contributed by atoms with Gasteiger partial charge in [-0.1, -0.05) is 19.1 Å². The highest BCUT2D eigenvalue weighted by Gasteiger charge is 2.04. The number of hydrogen-bond donors (Lipinski definition) is 1. The summed E-state index contributed by atoms with van der Waals surface area (Å²) < 4.78 is 0. The quantitative estimate of drug-likeness (QED) is 0.718. The Morgan fingerprint density at radius 3 is 3.07 bits per heavy atom. The maximum Gasteiger partial charge on any atom is 0.129 e. The van der Waals surface area contributed by atoms with Gasteiger partial charge in [0.15, 0.2) is 0 Å². The van der Waals surface area contributed by atoms with Crippen LogP contribution in [0.2, 0.25) is 0 Å². The molecule has 0 aliphatic heterocycles. The first-order valence-corrected chi connectivity index (χ1v) is 5.59. The van der Waals surface area contributed by atoms with Crippen LogP contribution in [0.25, 0.3) is 0 Å². The maximum atomic E-state index is 4.36. The smallest absolute Gasteiger partial charge is 0.129 e. The summed E-state index contributed by atoms with van der Waals surface area (Å²) in [6.45, 7) is 8.06. The zero-order valence-electron chi connectivity index (χ0n) is 9.66. The molecule has 82 valence electrons. The molecule has 1 unspecified atom stereocenters.